The molecule has 0 unspecified atom stereocenters. The molecule has 2 aromatic carbocycles. The smallest absolute Gasteiger partial charge is 0.224 e. The highest BCUT2D eigenvalue weighted by Crippen LogP contribution is 2.34. The first-order chi connectivity index (χ1) is 9.16. The Morgan fingerprint density at radius 3 is 2.16 bits per heavy atom. The molecule has 0 aliphatic carbocycles. The molecule has 0 bridgehead atoms. The zero-order valence-corrected chi connectivity index (χ0v) is 11.3. The van der Waals surface area contributed by atoms with Crippen LogP contribution in [0.1, 0.15) is 22.3 Å². The lowest BCUT2D eigenvalue weighted by Crippen LogP contribution is -2.27. The predicted octanol–water partition coefficient (Wildman–Crippen LogP) is 3.14. The third-order valence-electron chi connectivity index (χ3n) is 3.80. The highest BCUT2D eigenvalue weighted by Gasteiger charge is 2.19. The number of fused-ring (bicyclic) bond motifs is 3. The van der Waals surface area contributed by atoms with E-state index in [4.69, 9.17) is 0 Å². The number of amides is 1. The van der Waals surface area contributed by atoms with E-state index in [1.54, 1.807) is 0 Å². The summed E-state index contributed by atoms with van der Waals surface area (Å²) in [5, 5.41) is 2.99. The van der Waals surface area contributed by atoms with Crippen LogP contribution in [0.25, 0.3) is 11.1 Å². The number of nitrogens with one attached hydrogen (secondary N) is 1. The molecule has 2 nitrogen and oxygen atoms in total. The lowest BCUT2D eigenvalue weighted by Gasteiger charge is -2.21. The molecule has 0 saturated carbocycles. The Bertz CT molecular complexity index is 658. The van der Waals surface area contributed by atoms with Gasteiger partial charge in [-0.3, -0.25) is 4.79 Å². The molecule has 0 radical (unpaired) electrons. The van der Waals surface area contributed by atoms with Crippen molar-refractivity contribution in [2.24, 2.45) is 0 Å². The highest BCUT2D eigenvalue weighted by atomic mass is 16.1. The Hall–Kier alpha value is -2.09. The second kappa shape index (κ2) is 4.54. The normalized spacial score (nSPS) is 13.9. The average Bonchev–Trinajstić information content (AvgIpc) is 2.36. The van der Waals surface area contributed by atoms with Crippen molar-refractivity contribution in [1.29, 1.82) is 0 Å². The second-order valence-electron chi connectivity index (χ2n) is 5.17. The van der Waals surface area contributed by atoms with Crippen molar-refractivity contribution in [2.45, 2.75) is 26.8 Å². The predicted molar refractivity (Wildman–Crippen MR) is 76.9 cm³/mol. The van der Waals surface area contributed by atoms with Gasteiger partial charge in [-0.25, -0.2) is 0 Å². The number of hydrogen-bond donors (Lipinski definition) is 1. The van der Waals surface area contributed by atoms with E-state index in [1.807, 2.05) is 6.07 Å². The molecule has 1 aliphatic rings. The van der Waals surface area contributed by atoms with E-state index in [0.717, 1.165) is 5.56 Å². The van der Waals surface area contributed by atoms with Gasteiger partial charge in [0.25, 0.3) is 0 Å². The van der Waals surface area contributed by atoms with Gasteiger partial charge in [0.15, 0.2) is 0 Å². The summed E-state index contributed by atoms with van der Waals surface area (Å²) in [6.07, 6.45) is 0.463. The van der Waals surface area contributed by atoms with Gasteiger partial charge in [0.1, 0.15) is 0 Å². The van der Waals surface area contributed by atoms with Gasteiger partial charge in [-0.05, 0) is 47.2 Å². The van der Waals surface area contributed by atoms with E-state index in [2.05, 4.69) is 49.5 Å². The molecule has 19 heavy (non-hydrogen) atoms. The van der Waals surface area contributed by atoms with Gasteiger partial charge < -0.3 is 5.32 Å². The van der Waals surface area contributed by atoms with Gasteiger partial charge in [0.2, 0.25) is 5.91 Å². The van der Waals surface area contributed by atoms with Gasteiger partial charge in [0.05, 0.1) is 6.42 Å². The highest BCUT2D eigenvalue weighted by molar-refractivity contribution is 5.86. The van der Waals surface area contributed by atoms with Crippen LogP contribution < -0.4 is 5.32 Å². The van der Waals surface area contributed by atoms with Gasteiger partial charge in [-0.15, -0.1) is 0 Å². The molecule has 0 fully saturated rings. The maximum atomic E-state index is 11.9. The summed E-state index contributed by atoms with van der Waals surface area (Å²) in [7, 11) is 0. The monoisotopic (exact) mass is 251 g/mol. The summed E-state index contributed by atoms with van der Waals surface area (Å²) in [4.78, 5) is 11.9. The third kappa shape index (κ3) is 2.03. The van der Waals surface area contributed by atoms with E-state index in [-0.39, 0.29) is 5.91 Å². The van der Waals surface area contributed by atoms with E-state index in [1.165, 1.54) is 27.8 Å². The van der Waals surface area contributed by atoms with E-state index in [0.29, 0.717) is 13.0 Å². The van der Waals surface area contributed by atoms with Crippen molar-refractivity contribution < 1.29 is 4.79 Å². The largest absolute Gasteiger partial charge is 0.352 e. The Morgan fingerprint density at radius 2 is 1.47 bits per heavy atom. The molecule has 1 N–H and O–H groups in total. The Labute approximate surface area is 113 Å². The fourth-order valence-corrected chi connectivity index (χ4v) is 2.90. The Morgan fingerprint density at radius 1 is 0.895 bits per heavy atom. The van der Waals surface area contributed by atoms with Gasteiger partial charge in [-0.2, -0.15) is 0 Å². The van der Waals surface area contributed by atoms with E-state index >= 15 is 0 Å². The summed E-state index contributed by atoms with van der Waals surface area (Å²) in [5.74, 6) is 0.0963. The molecule has 2 aromatic rings. The van der Waals surface area contributed by atoms with Gasteiger partial charge in [-0.1, -0.05) is 36.4 Å². The van der Waals surface area contributed by atoms with Crippen LogP contribution in [0.2, 0.25) is 0 Å². The molecule has 0 saturated heterocycles. The van der Waals surface area contributed by atoms with Gasteiger partial charge >= 0.3 is 0 Å². The standard InChI is InChI=1S/C17H17NO/c1-11-5-3-7-13-9-15(19)18-10-14-8-4-6-12(2)17(14)16(11)13/h3-8H,9-10H2,1-2H3,(H,18,19). The van der Waals surface area contributed by atoms with Crippen LogP contribution in [0, 0.1) is 13.8 Å². The number of carbonyl (C=O) groups excluding carboxylic acids is 1. The summed E-state index contributed by atoms with van der Waals surface area (Å²) in [6.45, 7) is 4.87. The Kier molecular flexibility index (Phi) is 2.86. The maximum Gasteiger partial charge on any atom is 0.224 e. The van der Waals surface area contributed by atoms with Crippen LogP contribution in [-0.2, 0) is 17.8 Å². The quantitative estimate of drug-likeness (QED) is 0.765. The first kappa shape index (κ1) is 12.0. The van der Waals surface area contributed by atoms with Crippen molar-refractivity contribution in [2.75, 3.05) is 0 Å². The van der Waals surface area contributed by atoms with Crippen LogP contribution in [0.15, 0.2) is 36.4 Å². The molecule has 1 aliphatic heterocycles. The van der Waals surface area contributed by atoms with E-state index in [9.17, 15) is 4.79 Å². The van der Waals surface area contributed by atoms with Crippen LogP contribution in [0.3, 0.4) is 0 Å². The summed E-state index contributed by atoms with van der Waals surface area (Å²) in [6, 6.07) is 12.5. The molecule has 0 aromatic heterocycles. The summed E-state index contributed by atoms with van der Waals surface area (Å²) in [5.41, 5.74) is 7.35. The average molecular weight is 251 g/mol. The van der Waals surface area contributed by atoms with Crippen molar-refractivity contribution >= 4 is 5.91 Å². The topological polar surface area (TPSA) is 29.1 Å². The zero-order valence-electron chi connectivity index (χ0n) is 11.3. The molecule has 2 heteroatoms. The lowest BCUT2D eigenvalue weighted by molar-refractivity contribution is -0.120. The van der Waals surface area contributed by atoms with Crippen molar-refractivity contribution in [1.82, 2.24) is 5.32 Å². The molecule has 0 atom stereocenters. The first-order valence-corrected chi connectivity index (χ1v) is 6.61. The summed E-state index contributed by atoms with van der Waals surface area (Å²) >= 11 is 0. The molecular formula is C17H17NO. The zero-order chi connectivity index (χ0) is 13.4. The fourth-order valence-electron chi connectivity index (χ4n) is 2.90. The first-order valence-electron chi connectivity index (χ1n) is 6.61. The van der Waals surface area contributed by atoms with Crippen LogP contribution in [-0.4, -0.2) is 5.91 Å². The summed E-state index contributed by atoms with van der Waals surface area (Å²) < 4.78 is 0. The van der Waals surface area contributed by atoms with Gasteiger partial charge in [0, 0.05) is 6.54 Å². The molecule has 1 heterocycles. The number of benzene rings is 2. The number of rotatable bonds is 0. The maximum absolute atomic E-state index is 11.9. The lowest BCUT2D eigenvalue weighted by atomic mass is 9.86. The second-order valence-corrected chi connectivity index (χ2v) is 5.17. The van der Waals surface area contributed by atoms with Crippen LogP contribution in [0.5, 0.6) is 0 Å². The third-order valence-corrected chi connectivity index (χ3v) is 3.80. The SMILES string of the molecule is Cc1cccc2c1-c1c(C)cccc1CC(=O)NC2. The minimum atomic E-state index is 0.0963. The molecule has 0 spiro atoms. The van der Waals surface area contributed by atoms with Crippen molar-refractivity contribution in [3.05, 3.63) is 58.7 Å². The number of carbonyl (C=O) groups is 1. The number of aryl methyl sites for hydroxylation is 2. The molecular weight excluding hydrogens is 234 g/mol. The van der Waals surface area contributed by atoms with Crippen LogP contribution >= 0.6 is 0 Å². The van der Waals surface area contributed by atoms with Crippen molar-refractivity contribution in [3.8, 4) is 11.1 Å². The van der Waals surface area contributed by atoms with Crippen molar-refractivity contribution in [3.63, 3.8) is 0 Å². The van der Waals surface area contributed by atoms with E-state index < -0.39 is 0 Å². The molecule has 1 amide bonds. The Balaban J connectivity index is 2.35. The number of hydrogen-bond acceptors (Lipinski definition) is 1. The molecule has 96 valence electrons. The molecule has 3 rings (SSSR count). The van der Waals surface area contributed by atoms with Crippen LogP contribution in [0.4, 0.5) is 0 Å². The minimum Gasteiger partial charge on any atom is -0.352 e. The minimum absolute atomic E-state index is 0.0963. The fraction of sp³-hybridized carbons (Fsp3) is 0.235.